The summed E-state index contributed by atoms with van der Waals surface area (Å²) < 4.78 is 12.6. The van der Waals surface area contributed by atoms with Crippen LogP contribution in [0.1, 0.15) is 19.4 Å². The van der Waals surface area contributed by atoms with Gasteiger partial charge in [0.05, 0.1) is 22.9 Å². The number of aromatic nitrogens is 1. The van der Waals surface area contributed by atoms with E-state index in [4.69, 9.17) is 14.6 Å². The molecule has 158 valence electrons. The zero-order chi connectivity index (χ0) is 22.0. The summed E-state index contributed by atoms with van der Waals surface area (Å²) in [5.41, 5.74) is 3.96. The summed E-state index contributed by atoms with van der Waals surface area (Å²) >= 11 is 1.42. The van der Waals surface area contributed by atoms with E-state index in [0.29, 0.717) is 34.1 Å². The fourth-order valence-electron chi connectivity index (χ4n) is 3.01. The van der Waals surface area contributed by atoms with Crippen molar-refractivity contribution in [3.05, 3.63) is 80.5 Å². The monoisotopic (exact) mass is 436 g/mol. The van der Waals surface area contributed by atoms with Crippen LogP contribution in [0.25, 0.3) is 11.3 Å². The van der Waals surface area contributed by atoms with Gasteiger partial charge in [-0.3, -0.25) is 15.1 Å². The summed E-state index contributed by atoms with van der Waals surface area (Å²) in [6.45, 7) is 8.37. The van der Waals surface area contributed by atoms with Gasteiger partial charge in [-0.25, -0.2) is 4.68 Å². The number of benzene rings is 2. The van der Waals surface area contributed by atoms with Crippen LogP contribution >= 0.6 is 11.3 Å². The van der Waals surface area contributed by atoms with Gasteiger partial charge in [-0.2, -0.15) is 5.10 Å². The Labute approximate surface area is 182 Å². The van der Waals surface area contributed by atoms with Crippen LogP contribution in [-0.4, -0.2) is 28.6 Å². The molecular formula is C22H20N4O4S. The maximum Gasteiger partial charge on any atom is 0.270 e. The van der Waals surface area contributed by atoms with E-state index in [2.05, 4.69) is 11.6 Å². The molecular weight excluding hydrogens is 416 g/mol. The number of fused-ring (bicyclic) bond motifs is 1. The third kappa shape index (κ3) is 4.41. The zero-order valence-electron chi connectivity index (χ0n) is 17.1. The van der Waals surface area contributed by atoms with Crippen LogP contribution < -0.4 is 14.3 Å². The highest BCUT2D eigenvalue weighted by molar-refractivity contribution is 7.07. The van der Waals surface area contributed by atoms with E-state index in [0.717, 1.165) is 16.8 Å². The maximum absolute atomic E-state index is 11.2. The Kier molecular flexibility index (Phi) is 5.68. The molecule has 0 unspecified atom stereocenters. The summed E-state index contributed by atoms with van der Waals surface area (Å²) in [7, 11) is 0. The molecule has 0 amide bonds. The Morgan fingerprint density at radius 3 is 2.81 bits per heavy atom. The molecule has 0 fully saturated rings. The number of thiazole rings is 1. The normalized spacial score (nSPS) is 13.5. The molecule has 1 aliphatic heterocycles. The van der Waals surface area contributed by atoms with Crippen molar-refractivity contribution in [1.82, 2.24) is 4.68 Å². The highest BCUT2D eigenvalue weighted by Crippen LogP contribution is 2.33. The minimum Gasteiger partial charge on any atom is -0.454 e. The first-order chi connectivity index (χ1) is 14.9. The van der Waals surface area contributed by atoms with Gasteiger partial charge in [0, 0.05) is 28.6 Å². The van der Waals surface area contributed by atoms with E-state index in [1.807, 2.05) is 43.5 Å². The van der Waals surface area contributed by atoms with Crippen LogP contribution in [0.15, 0.2) is 70.1 Å². The number of hydrogen-bond acceptors (Lipinski definition) is 7. The molecule has 1 aromatic heterocycles. The van der Waals surface area contributed by atoms with Crippen LogP contribution in [0.2, 0.25) is 0 Å². The average molecular weight is 436 g/mol. The predicted molar refractivity (Wildman–Crippen MR) is 120 cm³/mol. The number of hydrogen-bond donors (Lipinski definition) is 0. The minimum atomic E-state index is -0.409. The van der Waals surface area contributed by atoms with Crippen LogP contribution in [0.3, 0.4) is 0 Å². The number of nitro groups is 1. The van der Waals surface area contributed by atoms with Crippen LogP contribution in [0, 0.1) is 10.1 Å². The fourth-order valence-corrected chi connectivity index (χ4v) is 3.84. The lowest BCUT2D eigenvalue weighted by Gasteiger charge is -2.07. The first kappa shape index (κ1) is 20.5. The molecule has 0 aliphatic carbocycles. The summed E-state index contributed by atoms with van der Waals surface area (Å²) in [5.74, 6) is 1.38. The van der Waals surface area contributed by atoms with E-state index in [-0.39, 0.29) is 12.5 Å². The van der Waals surface area contributed by atoms with Gasteiger partial charge in [0.25, 0.3) is 5.69 Å². The van der Waals surface area contributed by atoms with Crippen molar-refractivity contribution in [2.75, 3.05) is 13.3 Å². The zero-order valence-corrected chi connectivity index (χ0v) is 17.9. The molecule has 2 aromatic carbocycles. The third-order valence-corrected chi connectivity index (χ3v) is 5.42. The first-order valence-electron chi connectivity index (χ1n) is 9.48. The van der Waals surface area contributed by atoms with Crippen LogP contribution in [-0.2, 0) is 0 Å². The van der Waals surface area contributed by atoms with Gasteiger partial charge < -0.3 is 9.47 Å². The van der Waals surface area contributed by atoms with Gasteiger partial charge in [0.15, 0.2) is 11.5 Å². The maximum atomic E-state index is 11.2. The lowest BCUT2D eigenvalue weighted by Crippen LogP contribution is -2.15. The van der Waals surface area contributed by atoms with E-state index in [1.54, 1.807) is 10.7 Å². The second-order valence-corrected chi connectivity index (χ2v) is 7.89. The average Bonchev–Trinajstić information content (AvgIpc) is 3.38. The van der Waals surface area contributed by atoms with E-state index < -0.39 is 4.92 Å². The molecule has 0 N–H and O–H groups in total. The van der Waals surface area contributed by atoms with Gasteiger partial charge in [0.1, 0.15) is 0 Å². The molecule has 0 bridgehead atoms. The van der Waals surface area contributed by atoms with Crippen molar-refractivity contribution in [2.45, 2.75) is 13.8 Å². The molecule has 0 atom stereocenters. The summed E-state index contributed by atoms with van der Waals surface area (Å²) in [6, 6.07) is 12.1. The lowest BCUT2D eigenvalue weighted by atomic mass is 10.1. The van der Waals surface area contributed by atoms with Crippen LogP contribution in [0.5, 0.6) is 11.5 Å². The Morgan fingerprint density at radius 1 is 1.23 bits per heavy atom. The topological polar surface area (TPSA) is 91.2 Å². The highest BCUT2D eigenvalue weighted by Gasteiger charge is 2.16. The number of ether oxygens (including phenoxy) is 2. The van der Waals surface area contributed by atoms with Crippen molar-refractivity contribution in [2.24, 2.45) is 10.1 Å². The van der Waals surface area contributed by atoms with Gasteiger partial charge in [-0.05, 0) is 32.0 Å². The number of rotatable bonds is 6. The second-order valence-electron chi connectivity index (χ2n) is 7.05. The van der Waals surface area contributed by atoms with E-state index >= 15 is 0 Å². The van der Waals surface area contributed by atoms with Gasteiger partial charge in [0.2, 0.25) is 11.6 Å². The van der Waals surface area contributed by atoms with Crippen molar-refractivity contribution in [3.63, 3.8) is 0 Å². The first-order valence-corrected chi connectivity index (χ1v) is 10.4. The molecule has 0 saturated carbocycles. The van der Waals surface area contributed by atoms with Crippen molar-refractivity contribution < 1.29 is 14.4 Å². The molecule has 3 aromatic rings. The van der Waals surface area contributed by atoms with Crippen molar-refractivity contribution >= 4 is 22.7 Å². The molecule has 0 spiro atoms. The fraction of sp³-hybridized carbons (Fsp3) is 0.182. The molecule has 9 heteroatoms. The summed E-state index contributed by atoms with van der Waals surface area (Å²) in [5, 5.41) is 17.9. The number of nitrogens with zero attached hydrogens (tertiary/aromatic N) is 4. The molecule has 8 nitrogen and oxygen atoms in total. The smallest absolute Gasteiger partial charge is 0.270 e. The largest absolute Gasteiger partial charge is 0.454 e. The molecule has 4 rings (SSSR count). The summed E-state index contributed by atoms with van der Waals surface area (Å²) in [4.78, 5) is 16.1. The predicted octanol–water partition coefficient (Wildman–Crippen LogP) is 4.60. The Hall–Kier alpha value is -3.72. The van der Waals surface area contributed by atoms with E-state index in [1.165, 1.54) is 23.5 Å². The van der Waals surface area contributed by atoms with E-state index in [9.17, 15) is 10.1 Å². The van der Waals surface area contributed by atoms with Crippen molar-refractivity contribution in [1.29, 1.82) is 0 Å². The number of nitro benzene ring substituents is 1. The molecule has 1 aliphatic rings. The van der Waals surface area contributed by atoms with Gasteiger partial charge in [-0.1, -0.05) is 24.3 Å². The second kappa shape index (κ2) is 8.57. The molecule has 0 radical (unpaired) electrons. The van der Waals surface area contributed by atoms with Crippen molar-refractivity contribution in [3.8, 4) is 22.8 Å². The van der Waals surface area contributed by atoms with Gasteiger partial charge >= 0.3 is 0 Å². The lowest BCUT2D eigenvalue weighted by molar-refractivity contribution is -0.384. The standard InChI is InChI=1S/C22H20N4O4S/c1-14(2)11-23-22-25(19(12-31-22)17-5-4-6-18(9-17)26(27)28)24-15(3)16-7-8-20-21(10-16)30-13-29-20/h4-10,12H,1,11,13H2,2-3H3. The molecule has 0 saturated heterocycles. The van der Waals surface area contributed by atoms with Crippen LogP contribution in [0.4, 0.5) is 5.69 Å². The Balaban J connectivity index is 1.83. The molecule has 2 heterocycles. The minimum absolute atomic E-state index is 0.0205. The Morgan fingerprint density at radius 2 is 2.03 bits per heavy atom. The Bertz CT molecular complexity index is 1270. The number of non-ortho nitro benzene ring substituents is 1. The van der Waals surface area contributed by atoms with Gasteiger partial charge in [-0.15, -0.1) is 11.3 Å². The highest BCUT2D eigenvalue weighted by atomic mass is 32.1. The quantitative estimate of drug-likeness (QED) is 0.244. The summed E-state index contributed by atoms with van der Waals surface area (Å²) in [6.07, 6.45) is 0. The molecule has 31 heavy (non-hydrogen) atoms. The third-order valence-electron chi connectivity index (χ3n) is 4.56. The SMILES string of the molecule is C=C(C)CN=c1scc(-c2cccc([N+](=O)[O-])c2)n1N=C(C)c1ccc2c(c1)OCO2.